The molecule has 0 nitrogen and oxygen atoms in total. The van der Waals surface area contributed by atoms with Crippen molar-refractivity contribution in [1.29, 1.82) is 0 Å². The van der Waals surface area contributed by atoms with Gasteiger partial charge in [-0.2, -0.15) is 0 Å². The zero-order valence-corrected chi connectivity index (χ0v) is 10.6. The molecule has 0 amide bonds. The monoisotopic (exact) mass is 228 g/mol. The molecule has 0 fully saturated rings. The molecule has 0 bridgehead atoms. The molecule has 0 heterocycles. The number of rotatable bonds is 4. The van der Waals surface area contributed by atoms with Crippen LogP contribution in [0.2, 0.25) is 0 Å². The van der Waals surface area contributed by atoms with Gasteiger partial charge < -0.3 is 0 Å². The molecule has 0 saturated carbocycles. The van der Waals surface area contributed by atoms with Gasteiger partial charge in [0.15, 0.2) is 0 Å². The SMILES string of the molecule is C=CCP(C)(C)(Cl)Cc1ccccc1. The number of hydrogen-bond acceptors (Lipinski definition) is 0. The second kappa shape index (κ2) is 4.04. The van der Waals surface area contributed by atoms with Crippen molar-refractivity contribution in [3.8, 4) is 0 Å². The molecule has 0 aromatic heterocycles. The third kappa shape index (κ3) is 3.82. The third-order valence-corrected chi connectivity index (χ3v) is 5.70. The van der Waals surface area contributed by atoms with Crippen molar-refractivity contribution in [3.05, 3.63) is 48.6 Å². The maximum absolute atomic E-state index is 6.69. The van der Waals surface area contributed by atoms with E-state index in [0.29, 0.717) is 0 Å². The van der Waals surface area contributed by atoms with E-state index in [-0.39, 0.29) is 0 Å². The van der Waals surface area contributed by atoms with E-state index in [2.05, 4.69) is 44.2 Å². The van der Waals surface area contributed by atoms with Crippen LogP contribution in [0.25, 0.3) is 0 Å². The molecule has 0 aliphatic carbocycles. The van der Waals surface area contributed by atoms with E-state index in [1.807, 2.05) is 12.1 Å². The molecular weight excluding hydrogens is 211 g/mol. The van der Waals surface area contributed by atoms with Gasteiger partial charge >= 0.3 is 91.4 Å². The summed E-state index contributed by atoms with van der Waals surface area (Å²) in [4.78, 5) is 0. The summed E-state index contributed by atoms with van der Waals surface area (Å²) in [6.07, 6.45) is 3.86. The zero-order valence-electron chi connectivity index (χ0n) is 8.91. The van der Waals surface area contributed by atoms with Crippen LogP contribution < -0.4 is 0 Å². The van der Waals surface area contributed by atoms with E-state index in [0.717, 1.165) is 12.3 Å². The molecule has 1 aromatic carbocycles. The Balaban J connectivity index is 2.82. The molecule has 14 heavy (non-hydrogen) atoms. The van der Waals surface area contributed by atoms with E-state index >= 15 is 0 Å². The van der Waals surface area contributed by atoms with Gasteiger partial charge in [-0.15, -0.1) is 0 Å². The summed E-state index contributed by atoms with van der Waals surface area (Å²) < 4.78 is 0. The molecule has 0 atom stereocenters. The van der Waals surface area contributed by atoms with Gasteiger partial charge in [-0.05, 0) is 0 Å². The fourth-order valence-corrected chi connectivity index (χ4v) is 4.58. The molecular formula is C12H18ClP. The molecule has 0 aliphatic rings. The van der Waals surface area contributed by atoms with Gasteiger partial charge in [0.25, 0.3) is 0 Å². The van der Waals surface area contributed by atoms with E-state index in [1.54, 1.807) is 0 Å². The van der Waals surface area contributed by atoms with Crippen molar-refractivity contribution >= 4 is 17.2 Å². The fourth-order valence-electron chi connectivity index (χ4n) is 1.61. The Labute approximate surface area is 91.7 Å². The van der Waals surface area contributed by atoms with Crippen LogP contribution >= 0.6 is 17.2 Å². The zero-order chi connectivity index (χ0) is 10.7. The first-order valence-electron chi connectivity index (χ1n) is 4.78. The first-order chi connectivity index (χ1) is 6.41. The van der Waals surface area contributed by atoms with E-state index in [1.165, 1.54) is 5.56 Å². The van der Waals surface area contributed by atoms with Gasteiger partial charge in [0, 0.05) is 0 Å². The molecule has 0 saturated heterocycles. The standard InChI is InChI=1S/C12H18ClP/c1-4-10-14(2,3,13)11-12-8-6-5-7-9-12/h4-9H,1,10-11H2,2-3H3. The van der Waals surface area contributed by atoms with E-state index in [4.69, 9.17) is 11.2 Å². The predicted molar refractivity (Wildman–Crippen MR) is 69.8 cm³/mol. The van der Waals surface area contributed by atoms with Crippen molar-refractivity contribution < 1.29 is 0 Å². The Kier molecular flexibility index (Phi) is 3.40. The second-order valence-electron chi connectivity index (χ2n) is 4.63. The summed E-state index contributed by atoms with van der Waals surface area (Å²) in [7, 11) is 0. The summed E-state index contributed by atoms with van der Waals surface area (Å²) in [5.74, 6) is -2.05. The molecule has 2 heteroatoms. The van der Waals surface area contributed by atoms with Crippen LogP contribution in [0.15, 0.2) is 43.0 Å². The molecule has 0 aliphatic heterocycles. The van der Waals surface area contributed by atoms with Crippen LogP contribution in [0.1, 0.15) is 5.56 Å². The molecule has 0 radical (unpaired) electrons. The predicted octanol–water partition coefficient (Wildman–Crippen LogP) is 4.34. The Morgan fingerprint density at radius 3 is 2.36 bits per heavy atom. The minimum absolute atomic E-state index is 0.933. The Morgan fingerprint density at radius 1 is 1.29 bits per heavy atom. The summed E-state index contributed by atoms with van der Waals surface area (Å²) in [6, 6.07) is 10.4. The molecule has 78 valence electrons. The van der Waals surface area contributed by atoms with Crippen LogP contribution in [0.5, 0.6) is 0 Å². The average Bonchev–Trinajstić information content (AvgIpc) is 2.03. The van der Waals surface area contributed by atoms with Gasteiger partial charge in [0.05, 0.1) is 0 Å². The quantitative estimate of drug-likeness (QED) is 0.531. The van der Waals surface area contributed by atoms with Gasteiger partial charge in [-0.25, -0.2) is 0 Å². The van der Waals surface area contributed by atoms with Crippen molar-refractivity contribution in [2.45, 2.75) is 6.16 Å². The minimum atomic E-state index is -2.05. The molecule has 0 N–H and O–H groups in total. The Bertz CT molecular complexity index is 308. The van der Waals surface area contributed by atoms with Crippen molar-refractivity contribution in [2.75, 3.05) is 19.5 Å². The Hall–Kier alpha value is -0.320. The van der Waals surface area contributed by atoms with E-state index < -0.39 is 5.96 Å². The topological polar surface area (TPSA) is 0 Å². The number of halogens is 1. The van der Waals surface area contributed by atoms with Crippen molar-refractivity contribution in [2.24, 2.45) is 0 Å². The first-order valence-corrected chi connectivity index (χ1v) is 9.18. The Morgan fingerprint density at radius 2 is 1.86 bits per heavy atom. The van der Waals surface area contributed by atoms with Crippen LogP contribution in [0.4, 0.5) is 0 Å². The number of allylic oxidation sites excluding steroid dienone is 1. The molecule has 1 aromatic rings. The van der Waals surface area contributed by atoms with Crippen molar-refractivity contribution in [3.63, 3.8) is 0 Å². The van der Waals surface area contributed by atoms with Gasteiger partial charge in [0.1, 0.15) is 0 Å². The fraction of sp³-hybridized carbons (Fsp3) is 0.333. The van der Waals surface area contributed by atoms with Gasteiger partial charge in [-0.3, -0.25) is 0 Å². The third-order valence-electron chi connectivity index (χ3n) is 2.21. The van der Waals surface area contributed by atoms with Crippen LogP contribution in [-0.4, -0.2) is 19.5 Å². The molecule has 0 spiro atoms. The summed E-state index contributed by atoms with van der Waals surface area (Å²) in [5, 5.41) is 0. The van der Waals surface area contributed by atoms with Gasteiger partial charge in [-0.1, -0.05) is 0 Å². The maximum atomic E-state index is 6.69. The average molecular weight is 229 g/mol. The van der Waals surface area contributed by atoms with Crippen molar-refractivity contribution in [1.82, 2.24) is 0 Å². The van der Waals surface area contributed by atoms with Gasteiger partial charge in [0.2, 0.25) is 0 Å². The number of hydrogen-bond donors (Lipinski definition) is 0. The van der Waals surface area contributed by atoms with Crippen LogP contribution in [-0.2, 0) is 6.16 Å². The summed E-state index contributed by atoms with van der Waals surface area (Å²) >= 11 is 6.69. The number of benzene rings is 1. The summed E-state index contributed by atoms with van der Waals surface area (Å²) in [6.45, 7) is 8.17. The molecule has 0 unspecified atom stereocenters. The normalized spacial score (nSPS) is 14.4. The van der Waals surface area contributed by atoms with E-state index in [9.17, 15) is 0 Å². The summed E-state index contributed by atoms with van der Waals surface area (Å²) in [5.41, 5.74) is 1.33. The second-order valence-corrected chi connectivity index (χ2v) is 13.8. The van der Waals surface area contributed by atoms with Crippen LogP contribution in [0.3, 0.4) is 0 Å². The first kappa shape index (κ1) is 11.8. The van der Waals surface area contributed by atoms with Crippen LogP contribution in [0, 0.1) is 0 Å². The molecule has 1 rings (SSSR count).